The van der Waals surface area contributed by atoms with Crippen molar-refractivity contribution in [2.24, 2.45) is 108 Å². The molecule has 0 aromatic heterocycles. The molecule has 1 heterocycles. The van der Waals surface area contributed by atoms with E-state index < -0.39 is 23.5 Å². The van der Waals surface area contributed by atoms with Gasteiger partial charge in [0.05, 0.1) is 43.2 Å². The first kappa shape index (κ1) is 67.9. The summed E-state index contributed by atoms with van der Waals surface area (Å²) in [7, 11) is 0. The molecule has 11 unspecified atom stereocenters. The maximum Gasteiger partial charge on any atom is 0.307 e. The highest BCUT2D eigenvalue weighted by Crippen LogP contribution is 2.76. The van der Waals surface area contributed by atoms with Crippen LogP contribution in [0, 0.1) is 108 Å². The van der Waals surface area contributed by atoms with Gasteiger partial charge in [0.25, 0.3) is 0 Å². The summed E-state index contributed by atoms with van der Waals surface area (Å²) in [5, 5.41) is 58.5. The summed E-state index contributed by atoms with van der Waals surface area (Å²) in [5.41, 5.74) is 6.76. The van der Waals surface area contributed by atoms with E-state index >= 15 is 0 Å². The van der Waals surface area contributed by atoms with E-state index in [1.54, 1.807) is 6.08 Å². The third-order valence-electron chi connectivity index (χ3n) is 29.9. The van der Waals surface area contributed by atoms with Gasteiger partial charge < -0.3 is 35.4 Å². The molecule has 0 radical (unpaired) electrons. The first-order valence-electron chi connectivity index (χ1n) is 35.5. The summed E-state index contributed by atoms with van der Waals surface area (Å²) in [6, 6.07) is 10.3. The Bertz CT molecular complexity index is 3170. The maximum atomic E-state index is 12.0. The number of carbonyl (C=O) groups is 5. The van der Waals surface area contributed by atoms with Crippen LogP contribution in [0.5, 0.6) is 0 Å². The standard InChI is InChI=1S/C19H24O2.2C15H22O3.2C15H22O2/c1-18-9-5-10-19(14-20,13-15-6-3-2-4-7-15)17(18)12-16(21)8-11-18;1-13(2)9-5-6-14(7-9)10(12(16)17)3-4-11(14)15(13)8-18-15;1-9-11-3-4-12(13(17)18)15(11)6-5-10(7-15)14(9,2)8-16;1-9-11-4-5-12(13(16)17)15(11)7-6-10(8-15)14(9,2)3;1-10-7-13(16)8-11(2)15(10)6-5-12(9-15)14(3,4)17/h2-4,6-7,12,20H,5,8-11,13-14H2,1H3;9-11H,3-8H2,1-2H3,(H,16,17);10-12,16H,1,3-8H2,2H3,(H,17,18);10-12H,1,4-8H2,2-3H3,(H,16,17);7,9,11,17H,5-6,8H2,1-4H3/t18-,19?;;;10-,11-,12-,15-;11-,15+/m0..11/s1. The molecule has 12 heteroatoms. The summed E-state index contributed by atoms with van der Waals surface area (Å²) in [4.78, 5) is 58.1. The number of allylic oxidation sites excluding steroid dienone is 5. The molecule has 500 valence electrons. The zero-order valence-electron chi connectivity index (χ0n) is 57.0. The van der Waals surface area contributed by atoms with Crippen molar-refractivity contribution in [3.8, 4) is 0 Å². The Kier molecular flexibility index (Phi) is 17.7. The number of ether oxygens (including phenoxy) is 1. The monoisotopic (exact) mass is 1250 g/mol. The molecule has 1 aromatic carbocycles. The number of epoxide rings is 1. The number of carbonyl (C=O) groups excluding carboxylic acids is 2. The molecule has 6 N–H and O–H groups in total. The quantitative estimate of drug-likeness (QED) is 0.106. The van der Waals surface area contributed by atoms with Crippen molar-refractivity contribution in [2.75, 3.05) is 19.8 Å². The lowest BCUT2D eigenvalue weighted by Gasteiger charge is -2.51. The van der Waals surface area contributed by atoms with E-state index in [1.165, 1.54) is 35.1 Å². The fraction of sp³-hybridized carbons (Fsp3) is 0.734. The largest absolute Gasteiger partial charge is 0.481 e. The molecule has 0 amide bonds. The van der Waals surface area contributed by atoms with Gasteiger partial charge in [-0.2, -0.15) is 0 Å². The molecular formula is C79H112O12. The van der Waals surface area contributed by atoms with Crippen LogP contribution in [0.25, 0.3) is 0 Å². The second-order valence-corrected chi connectivity index (χ2v) is 34.5. The van der Waals surface area contributed by atoms with Crippen LogP contribution in [-0.2, 0) is 35.1 Å². The van der Waals surface area contributed by atoms with E-state index in [2.05, 4.69) is 86.8 Å². The number of ketones is 2. The third-order valence-corrected chi connectivity index (χ3v) is 29.9. The van der Waals surface area contributed by atoms with Gasteiger partial charge in [-0.25, -0.2) is 0 Å². The highest BCUT2D eigenvalue weighted by molar-refractivity contribution is 5.92. The minimum atomic E-state index is -0.731. The molecule has 1 saturated heterocycles. The Hall–Kier alpha value is -4.49. The van der Waals surface area contributed by atoms with Crippen LogP contribution in [0.15, 0.2) is 89.6 Å². The minimum absolute atomic E-state index is 0.0171. The predicted molar refractivity (Wildman–Crippen MR) is 353 cm³/mol. The smallest absolute Gasteiger partial charge is 0.307 e. The summed E-state index contributed by atoms with van der Waals surface area (Å²) < 4.78 is 5.98. The first-order valence-corrected chi connectivity index (χ1v) is 35.5. The van der Waals surface area contributed by atoms with Gasteiger partial charge in [-0.1, -0.05) is 127 Å². The lowest BCUT2D eigenvalue weighted by atomic mass is 9.52. The minimum Gasteiger partial charge on any atom is -0.481 e. The molecule has 5 spiro atoms. The molecule has 14 aliphatic rings. The fourth-order valence-corrected chi connectivity index (χ4v) is 24.0. The van der Waals surface area contributed by atoms with Gasteiger partial charge in [0.1, 0.15) is 5.60 Å². The Morgan fingerprint density at radius 2 is 1.19 bits per heavy atom. The molecule has 1 aromatic rings. The predicted octanol–water partition coefficient (Wildman–Crippen LogP) is 15.3. The highest BCUT2D eigenvalue weighted by atomic mass is 16.6. The molecule has 18 atom stereocenters. The number of fused-ring (bicyclic) bond motifs is 5. The summed E-state index contributed by atoms with van der Waals surface area (Å²) in [6.45, 7) is 31.4. The maximum absolute atomic E-state index is 12.0. The molecule has 1 aliphatic heterocycles. The Morgan fingerprint density at radius 3 is 1.75 bits per heavy atom. The van der Waals surface area contributed by atoms with Crippen molar-refractivity contribution < 1.29 is 59.3 Å². The molecular weight excluding hydrogens is 1140 g/mol. The van der Waals surface area contributed by atoms with Crippen LogP contribution in [0.2, 0.25) is 0 Å². The van der Waals surface area contributed by atoms with Crippen molar-refractivity contribution in [3.63, 3.8) is 0 Å². The number of carboxylic acid groups (broad SMARTS) is 3. The van der Waals surface area contributed by atoms with Crippen LogP contribution < -0.4 is 0 Å². The number of carboxylic acids is 3. The summed E-state index contributed by atoms with van der Waals surface area (Å²) in [5.74, 6) is 1.69. The SMILES string of the molecule is C=C1C2CCC(C(=O)O)C23CCC(C3)C1(C)CO.C=C1[C@H]2CC[C@H](C(=O)O)[C@@]23CC[C@H](C3)C1(C)C.CC1(C)C2CCC3(C2)C(C(=O)O)CCC3C12CO2.CC1=CC(=O)C[C@@H](C)[C@@]12C=C(C(C)(C)O)CC2.C[C@@]12CCCC(CO)(Cc3ccccc3)C1=CC(=O)CC2. The number of rotatable bonds is 8. The van der Waals surface area contributed by atoms with Crippen molar-refractivity contribution in [1.82, 2.24) is 0 Å². The zero-order chi connectivity index (χ0) is 66.1. The number of benzene rings is 1. The lowest BCUT2D eigenvalue weighted by molar-refractivity contribution is -0.150. The van der Waals surface area contributed by atoms with E-state index in [0.29, 0.717) is 54.3 Å². The van der Waals surface area contributed by atoms with E-state index in [0.717, 1.165) is 146 Å². The number of aliphatic carboxylic acids is 3. The van der Waals surface area contributed by atoms with Gasteiger partial charge in [-0.15, -0.1) is 0 Å². The van der Waals surface area contributed by atoms with Gasteiger partial charge in [0, 0.05) is 29.1 Å². The van der Waals surface area contributed by atoms with E-state index in [9.17, 15) is 54.6 Å². The zero-order valence-corrected chi connectivity index (χ0v) is 57.0. The van der Waals surface area contributed by atoms with E-state index in [4.69, 9.17) is 4.74 Å². The average Bonchev–Trinajstić information content (AvgIpc) is 1.50. The number of aliphatic hydroxyl groups excluding tert-OH is 2. The number of aliphatic hydroxyl groups is 3. The van der Waals surface area contributed by atoms with Crippen molar-refractivity contribution >= 4 is 29.5 Å². The topological polar surface area (TPSA) is 219 Å². The normalized spacial score (nSPS) is 43.5. The van der Waals surface area contributed by atoms with E-state index in [-0.39, 0.29) is 96.9 Å². The molecule has 15 rings (SSSR count). The van der Waals surface area contributed by atoms with Crippen LogP contribution >= 0.6 is 0 Å². The molecule has 12 nitrogen and oxygen atoms in total. The van der Waals surface area contributed by atoms with Crippen molar-refractivity contribution in [2.45, 2.75) is 235 Å². The number of hydrogen-bond donors (Lipinski definition) is 6. The second-order valence-electron chi connectivity index (χ2n) is 34.5. The molecule has 91 heavy (non-hydrogen) atoms. The molecule has 10 saturated carbocycles. The van der Waals surface area contributed by atoms with Gasteiger partial charge in [-0.05, 0) is 253 Å². The van der Waals surface area contributed by atoms with Crippen molar-refractivity contribution in [3.05, 3.63) is 95.1 Å². The lowest BCUT2D eigenvalue weighted by Crippen LogP contribution is -2.53. The first-order chi connectivity index (χ1) is 42.6. The van der Waals surface area contributed by atoms with Crippen LogP contribution in [0.3, 0.4) is 0 Å². The van der Waals surface area contributed by atoms with Gasteiger partial charge >= 0.3 is 17.9 Å². The van der Waals surface area contributed by atoms with E-state index in [1.807, 2.05) is 38.1 Å². The Balaban J connectivity index is 0.000000117. The summed E-state index contributed by atoms with van der Waals surface area (Å²) in [6.07, 6.45) is 29.7. The van der Waals surface area contributed by atoms with Gasteiger partial charge in [0.15, 0.2) is 11.6 Å². The van der Waals surface area contributed by atoms with Crippen molar-refractivity contribution in [1.29, 1.82) is 0 Å². The van der Waals surface area contributed by atoms with Crippen LogP contribution in [0.1, 0.15) is 222 Å². The summed E-state index contributed by atoms with van der Waals surface area (Å²) >= 11 is 0. The molecule has 6 bridgehead atoms. The average molecular weight is 1250 g/mol. The Labute approximate surface area is 543 Å². The number of hydrogen-bond acceptors (Lipinski definition) is 9. The van der Waals surface area contributed by atoms with Crippen LogP contribution in [-0.4, -0.2) is 91.1 Å². The molecule has 11 fully saturated rings. The fourth-order valence-electron chi connectivity index (χ4n) is 24.0. The molecule has 13 aliphatic carbocycles. The van der Waals surface area contributed by atoms with Gasteiger partial charge in [-0.3, -0.25) is 24.0 Å². The highest BCUT2D eigenvalue weighted by Gasteiger charge is 2.77. The van der Waals surface area contributed by atoms with Crippen LogP contribution in [0.4, 0.5) is 0 Å². The Morgan fingerprint density at radius 1 is 0.637 bits per heavy atom. The third kappa shape index (κ3) is 10.8. The second kappa shape index (κ2) is 23.7. The van der Waals surface area contributed by atoms with Gasteiger partial charge in [0.2, 0.25) is 0 Å².